The lowest BCUT2D eigenvalue weighted by Crippen LogP contribution is -2.38. The topological polar surface area (TPSA) is 33.1 Å². The summed E-state index contributed by atoms with van der Waals surface area (Å²) in [5.74, 6) is 2.02. The summed E-state index contributed by atoms with van der Waals surface area (Å²) in [6.45, 7) is 8.89. The van der Waals surface area contributed by atoms with Crippen molar-refractivity contribution in [3.8, 4) is 0 Å². The minimum Gasteiger partial charge on any atom is -0.342 e. The van der Waals surface area contributed by atoms with Crippen LogP contribution in [0.2, 0.25) is 0 Å². The highest BCUT2D eigenvalue weighted by atomic mass is 15.3. The van der Waals surface area contributed by atoms with Gasteiger partial charge in [-0.15, -0.1) is 0 Å². The molecule has 2 rings (SSSR count). The number of nitrogens with zero attached hydrogens (tertiary/aromatic N) is 3. The summed E-state index contributed by atoms with van der Waals surface area (Å²) in [5.41, 5.74) is 1.14. The zero-order chi connectivity index (χ0) is 13.7. The van der Waals surface area contributed by atoms with E-state index in [0.717, 1.165) is 37.8 Å². The molecule has 0 unspecified atom stereocenters. The van der Waals surface area contributed by atoms with Crippen LogP contribution in [-0.4, -0.2) is 36.2 Å². The zero-order valence-electron chi connectivity index (χ0n) is 12.7. The quantitative estimate of drug-likeness (QED) is 0.856. The van der Waals surface area contributed by atoms with Gasteiger partial charge in [-0.25, -0.2) is 4.98 Å². The van der Waals surface area contributed by atoms with Gasteiger partial charge in [0.15, 0.2) is 0 Å². The van der Waals surface area contributed by atoms with E-state index in [9.17, 15) is 0 Å². The maximum Gasteiger partial charge on any atom is 0.205 e. The maximum atomic E-state index is 4.73. The molecule has 0 aliphatic carbocycles. The maximum absolute atomic E-state index is 4.73. The van der Waals surface area contributed by atoms with Gasteiger partial charge in [-0.3, -0.25) is 0 Å². The Hall–Kier alpha value is -1.03. The Morgan fingerprint density at radius 2 is 2.11 bits per heavy atom. The molecule has 1 aliphatic rings. The van der Waals surface area contributed by atoms with Crippen LogP contribution in [0.5, 0.6) is 0 Å². The van der Waals surface area contributed by atoms with E-state index in [4.69, 9.17) is 4.98 Å². The van der Waals surface area contributed by atoms with Gasteiger partial charge in [-0.05, 0) is 45.7 Å². The lowest BCUT2D eigenvalue weighted by atomic mass is 9.97. The second-order valence-electron chi connectivity index (χ2n) is 5.72. The Labute approximate surface area is 117 Å². The summed E-state index contributed by atoms with van der Waals surface area (Å²) >= 11 is 0. The van der Waals surface area contributed by atoms with E-state index in [1.54, 1.807) is 0 Å². The van der Waals surface area contributed by atoms with Gasteiger partial charge in [-0.2, -0.15) is 0 Å². The second-order valence-corrected chi connectivity index (χ2v) is 5.72. The first-order valence-corrected chi connectivity index (χ1v) is 7.68. The number of hydrogen-bond donors (Lipinski definition) is 1. The first-order chi connectivity index (χ1) is 9.24. The number of aromatic nitrogens is 2. The van der Waals surface area contributed by atoms with Crippen LogP contribution in [0.4, 0.5) is 5.95 Å². The van der Waals surface area contributed by atoms with Gasteiger partial charge >= 0.3 is 0 Å². The normalized spacial score (nSPS) is 17.1. The first kappa shape index (κ1) is 14.4. The standard InChI is InChI=1S/C15H28N4/c1-4-5-8-19-12-13(2)17-15(19)18-9-6-14(7-10-18)11-16-3/h12,14,16H,4-11H2,1-3H3. The van der Waals surface area contributed by atoms with Crippen molar-refractivity contribution in [3.63, 3.8) is 0 Å². The summed E-state index contributed by atoms with van der Waals surface area (Å²) in [6, 6.07) is 0. The van der Waals surface area contributed by atoms with Crippen molar-refractivity contribution in [3.05, 3.63) is 11.9 Å². The van der Waals surface area contributed by atoms with Crippen LogP contribution in [0.25, 0.3) is 0 Å². The molecule has 0 spiro atoms. The fourth-order valence-corrected chi connectivity index (χ4v) is 2.91. The number of anilines is 1. The van der Waals surface area contributed by atoms with Crippen molar-refractivity contribution in [2.75, 3.05) is 31.6 Å². The third kappa shape index (κ3) is 3.72. The van der Waals surface area contributed by atoms with Crippen molar-refractivity contribution in [1.82, 2.24) is 14.9 Å². The Morgan fingerprint density at radius 3 is 2.74 bits per heavy atom. The SMILES string of the molecule is CCCCn1cc(C)nc1N1CCC(CNC)CC1. The molecule has 0 atom stereocenters. The highest BCUT2D eigenvalue weighted by molar-refractivity contribution is 5.34. The fourth-order valence-electron chi connectivity index (χ4n) is 2.91. The van der Waals surface area contributed by atoms with E-state index in [0.29, 0.717) is 0 Å². The Bertz CT molecular complexity index is 377. The molecule has 108 valence electrons. The predicted molar refractivity (Wildman–Crippen MR) is 80.7 cm³/mol. The summed E-state index contributed by atoms with van der Waals surface area (Å²) in [4.78, 5) is 7.20. The summed E-state index contributed by atoms with van der Waals surface area (Å²) in [7, 11) is 2.05. The van der Waals surface area contributed by atoms with Gasteiger partial charge in [0.05, 0.1) is 5.69 Å². The molecule has 4 heteroatoms. The second kappa shape index (κ2) is 6.94. The number of hydrogen-bond acceptors (Lipinski definition) is 3. The predicted octanol–water partition coefficient (Wildman–Crippen LogP) is 2.43. The number of aryl methyl sites for hydroxylation is 2. The molecule has 0 aromatic carbocycles. The van der Waals surface area contributed by atoms with Crippen molar-refractivity contribution >= 4 is 5.95 Å². The molecule has 19 heavy (non-hydrogen) atoms. The molecule has 1 saturated heterocycles. The van der Waals surface area contributed by atoms with E-state index in [1.807, 2.05) is 7.05 Å². The molecular weight excluding hydrogens is 236 g/mol. The fraction of sp³-hybridized carbons (Fsp3) is 0.800. The molecule has 1 aromatic rings. The zero-order valence-corrected chi connectivity index (χ0v) is 12.7. The van der Waals surface area contributed by atoms with Crippen molar-refractivity contribution < 1.29 is 0 Å². The van der Waals surface area contributed by atoms with Gasteiger partial charge < -0.3 is 14.8 Å². The number of rotatable bonds is 6. The number of unbranched alkanes of at least 4 members (excludes halogenated alkanes) is 1. The molecule has 0 saturated carbocycles. The lowest BCUT2D eigenvalue weighted by molar-refractivity contribution is 0.388. The molecule has 1 fully saturated rings. The van der Waals surface area contributed by atoms with E-state index in [2.05, 4.69) is 34.8 Å². The number of nitrogens with one attached hydrogen (secondary N) is 1. The summed E-state index contributed by atoms with van der Waals surface area (Å²) in [6.07, 6.45) is 7.23. The van der Waals surface area contributed by atoms with Crippen LogP contribution in [-0.2, 0) is 6.54 Å². The van der Waals surface area contributed by atoms with Gasteiger partial charge in [-0.1, -0.05) is 13.3 Å². The number of piperidine rings is 1. The molecule has 4 nitrogen and oxygen atoms in total. The largest absolute Gasteiger partial charge is 0.342 e. The molecular formula is C15H28N4. The average molecular weight is 264 g/mol. The van der Waals surface area contributed by atoms with E-state index in [-0.39, 0.29) is 0 Å². The molecule has 1 aromatic heterocycles. The third-order valence-electron chi connectivity index (χ3n) is 4.02. The summed E-state index contributed by atoms with van der Waals surface area (Å²) < 4.78 is 2.34. The molecule has 1 N–H and O–H groups in total. The van der Waals surface area contributed by atoms with Gasteiger partial charge in [0.25, 0.3) is 0 Å². The van der Waals surface area contributed by atoms with Crippen molar-refractivity contribution in [2.45, 2.75) is 46.1 Å². The van der Waals surface area contributed by atoms with Crippen molar-refractivity contribution in [1.29, 1.82) is 0 Å². The highest BCUT2D eigenvalue weighted by Gasteiger charge is 2.21. The Balaban J connectivity index is 1.98. The minimum absolute atomic E-state index is 0.835. The lowest BCUT2D eigenvalue weighted by Gasteiger charge is -2.33. The smallest absolute Gasteiger partial charge is 0.205 e. The van der Waals surface area contributed by atoms with Crippen LogP contribution in [0, 0.1) is 12.8 Å². The minimum atomic E-state index is 0.835. The number of imidazole rings is 1. The molecule has 0 bridgehead atoms. The third-order valence-corrected chi connectivity index (χ3v) is 4.02. The average Bonchev–Trinajstić information content (AvgIpc) is 2.79. The van der Waals surface area contributed by atoms with Crippen LogP contribution in [0.3, 0.4) is 0 Å². The Kier molecular flexibility index (Phi) is 5.25. The van der Waals surface area contributed by atoms with Crippen LogP contribution >= 0.6 is 0 Å². The molecule has 0 radical (unpaired) electrons. The Morgan fingerprint density at radius 1 is 1.37 bits per heavy atom. The van der Waals surface area contributed by atoms with Crippen molar-refractivity contribution in [2.24, 2.45) is 5.92 Å². The molecule has 1 aliphatic heterocycles. The highest BCUT2D eigenvalue weighted by Crippen LogP contribution is 2.23. The van der Waals surface area contributed by atoms with E-state index >= 15 is 0 Å². The summed E-state index contributed by atoms with van der Waals surface area (Å²) in [5, 5.41) is 3.30. The van der Waals surface area contributed by atoms with E-state index < -0.39 is 0 Å². The molecule has 0 amide bonds. The molecule has 2 heterocycles. The van der Waals surface area contributed by atoms with Crippen LogP contribution < -0.4 is 10.2 Å². The first-order valence-electron chi connectivity index (χ1n) is 7.68. The van der Waals surface area contributed by atoms with Gasteiger partial charge in [0.2, 0.25) is 5.95 Å². The van der Waals surface area contributed by atoms with Gasteiger partial charge in [0.1, 0.15) is 0 Å². The van der Waals surface area contributed by atoms with Gasteiger partial charge in [0, 0.05) is 25.8 Å². The van der Waals surface area contributed by atoms with Crippen LogP contribution in [0.1, 0.15) is 38.3 Å². The van der Waals surface area contributed by atoms with Crippen LogP contribution in [0.15, 0.2) is 6.20 Å². The monoisotopic (exact) mass is 264 g/mol. The van der Waals surface area contributed by atoms with E-state index in [1.165, 1.54) is 31.6 Å².